The van der Waals surface area contributed by atoms with Gasteiger partial charge in [-0.2, -0.15) is 0 Å². The quantitative estimate of drug-likeness (QED) is 0.805. The Bertz CT molecular complexity index is 760. The van der Waals surface area contributed by atoms with E-state index >= 15 is 0 Å². The SMILES string of the molecule is CC(C)(C)C(=O)N1CCCN(C(=O)c2ccc3nccn3c2)CC1. The molecule has 0 N–H and O–H groups in total. The second kappa shape index (κ2) is 6.26. The van der Waals surface area contributed by atoms with Crippen LogP contribution in [0.2, 0.25) is 0 Å². The van der Waals surface area contributed by atoms with Gasteiger partial charge in [0.25, 0.3) is 5.91 Å². The summed E-state index contributed by atoms with van der Waals surface area (Å²) in [6.45, 7) is 8.35. The zero-order chi connectivity index (χ0) is 17.3. The minimum absolute atomic E-state index is 0.00987. The molecule has 24 heavy (non-hydrogen) atoms. The van der Waals surface area contributed by atoms with Gasteiger partial charge in [0.2, 0.25) is 5.91 Å². The highest BCUT2D eigenvalue weighted by molar-refractivity contribution is 5.94. The van der Waals surface area contributed by atoms with Crippen molar-refractivity contribution in [3.63, 3.8) is 0 Å². The average molecular weight is 328 g/mol. The Morgan fingerprint density at radius 3 is 2.50 bits per heavy atom. The maximum atomic E-state index is 12.8. The van der Waals surface area contributed by atoms with Gasteiger partial charge >= 0.3 is 0 Å². The number of carbonyl (C=O) groups excluding carboxylic acids is 2. The molecule has 2 aromatic heterocycles. The van der Waals surface area contributed by atoms with Crippen molar-refractivity contribution in [2.24, 2.45) is 5.41 Å². The Morgan fingerprint density at radius 2 is 1.75 bits per heavy atom. The number of hydrogen-bond donors (Lipinski definition) is 0. The molecule has 1 aliphatic heterocycles. The van der Waals surface area contributed by atoms with Crippen molar-refractivity contribution in [3.05, 3.63) is 36.3 Å². The van der Waals surface area contributed by atoms with Crippen LogP contribution in [0.15, 0.2) is 30.7 Å². The van der Waals surface area contributed by atoms with E-state index in [2.05, 4.69) is 4.98 Å². The third-order valence-corrected chi connectivity index (χ3v) is 4.35. The van der Waals surface area contributed by atoms with Crippen LogP contribution >= 0.6 is 0 Å². The standard InChI is InChI=1S/C18H24N4O2/c1-18(2,3)17(24)21-9-4-8-20(11-12-21)16(23)14-5-6-15-19-7-10-22(15)13-14/h5-7,10,13H,4,8-9,11-12H2,1-3H3. The third kappa shape index (κ3) is 3.27. The van der Waals surface area contributed by atoms with E-state index in [0.29, 0.717) is 31.7 Å². The Morgan fingerprint density at radius 1 is 1.04 bits per heavy atom. The third-order valence-electron chi connectivity index (χ3n) is 4.35. The highest BCUT2D eigenvalue weighted by atomic mass is 16.2. The summed E-state index contributed by atoms with van der Waals surface area (Å²) in [6.07, 6.45) is 6.16. The molecule has 0 unspecified atom stereocenters. The van der Waals surface area contributed by atoms with E-state index in [1.165, 1.54) is 0 Å². The van der Waals surface area contributed by atoms with E-state index in [-0.39, 0.29) is 17.2 Å². The summed E-state index contributed by atoms with van der Waals surface area (Å²) in [6, 6.07) is 3.66. The number of rotatable bonds is 1. The lowest BCUT2D eigenvalue weighted by molar-refractivity contribution is -0.139. The van der Waals surface area contributed by atoms with E-state index in [0.717, 1.165) is 12.1 Å². The first-order valence-electron chi connectivity index (χ1n) is 8.37. The molecule has 0 atom stereocenters. The molecule has 1 saturated heterocycles. The first kappa shape index (κ1) is 16.5. The van der Waals surface area contributed by atoms with Crippen LogP contribution in [-0.4, -0.2) is 57.2 Å². The molecule has 0 spiro atoms. The van der Waals surface area contributed by atoms with Crippen molar-refractivity contribution in [3.8, 4) is 0 Å². The van der Waals surface area contributed by atoms with Crippen molar-refractivity contribution >= 4 is 17.5 Å². The monoisotopic (exact) mass is 328 g/mol. The first-order valence-corrected chi connectivity index (χ1v) is 8.37. The molecule has 6 heteroatoms. The summed E-state index contributed by atoms with van der Waals surface area (Å²) >= 11 is 0. The molecule has 0 aromatic carbocycles. The molecule has 2 aromatic rings. The molecule has 2 amide bonds. The molecule has 0 bridgehead atoms. The van der Waals surface area contributed by atoms with Crippen molar-refractivity contribution in [1.82, 2.24) is 19.2 Å². The van der Waals surface area contributed by atoms with Gasteiger partial charge in [-0.25, -0.2) is 4.98 Å². The van der Waals surface area contributed by atoms with Gasteiger partial charge in [-0.05, 0) is 18.6 Å². The van der Waals surface area contributed by atoms with E-state index in [9.17, 15) is 9.59 Å². The van der Waals surface area contributed by atoms with Gasteiger partial charge in [0, 0.05) is 50.2 Å². The number of pyridine rings is 1. The average Bonchev–Trinajstić information content (AvgIpc) is 2.87. The Kier molecular flexibility index (Phi) is 4.30. The Balaban J connectivity index is 1.71. The molecular formula is C18H24N4O2. The van der Waals surface area contributed by atoms with E-state index < -0.39 is 0 Å². The molecule has 6 nitrogen and oxygen atoms in total. The number of nitrogens with zero attached hydrogens (tertiary/aromatic N) is 4. The number of amides is 2. The number of carbonyl (C=O) groups is 2. The zero-order valence-corrected chi connectivity index (χ0v) is 14.5. The summed E-state index contributed by atoms with van der Waals surface area (Å²) < 4.78 is 1.85. The van der Waals surface area contributed by atoms with Crippen LogP contribution in [0.5, 0.6) is 0 Å². The van der Waals surface area contributed by atoms with Crippen LogP contribution in [0.3, 0.4) is 0 Å². The largest absolute Gasteiger partial charge is 0.340 e. The second-order valence-electron chi connectivity index (χ2n) is 7.30. The van der Waals surface area contributed by atoms with Crippen molar-refractivity contribution in [2.45, 2.75) is 27.2 Å². The predicted octanol–water partition coefficient (Wildman–Crippen LogP) is 2.05. The Labute approximate surface area is 142 Å². The highest BCUT2D eigenvalue weighted by Gasteiger charge is 2.29. The fraction of sp³-hybridized carbons (Fsp3) is 0.500. The molecule has 1 fully saturated rings. The fourth-order valence-electron chi connectivity index (χ4n) is 3.03. The number of fused-ring (bicyclic) bond motifs is 1. The molecule has 0 radical (unpaired) electrons. The number of imidazole rings is 1. The van der Waals surface area contributed by atoms with Crippen LogP contribution in [0.25, 0.3) is 5.65 Å². The molecule has 1 aliphatic rings. The molecule has 3 rings (SSSR count). The maximum Gasteiger partial charge on any atom is 0.255 e. The molecule has 0 saturated carbocycles. The van der Waals surface area contributed by atoms with E-state index in [1.807, 2.05) is 59.5 Å². The van der Waals surface area contributed by atoms with Crippen LogP contribution < -0.4 is 0 Å². The fourth-order valence-corrected chi connectivity index (χ4v) is 3.03. The van der Waals surface area contributed by atoms with Crippen LogP contribution in [0.1, 0.15) is 37.6 Å². The van der Waals surface area contributed by atoms with Gasteiger partial charge in [0.15, 0.2) is 0 Å². The summed E-state index contributed by atoms with van der Waals surface area (Å²) in [4.78, 5) is 33.1. The van der Waals surface area contributed by atoms with Gasteiger partial charge in [0.05, 0.1) is 5.56 Å². The summed E-state index contributed by atoms with van der Waals surface area (Å²) in [5.74, 6) is 0.160. The van der Waals surface area contributed by atoms with Crippen LogP contribution in [-0.2, 0) is 4.79 Å². The minimum atomic E-state index is -0.383. The highest BCUT2D eigenvalue weighted by Crippen LogP contribution is 2.19. The second-order valence-corrected chi connectivity index (χ2v) is 7.30. The summed E-state index contributed by atoms with van der Waals surface area (Å²) in [5, 5.41) is 0. The van der Waals surface area contributed by atoms with Crippen molar-refractivity contribution in [1.29, 1.82) is 0 Å². The molecule has 0 aliphatic carbocycles. The zero-order valence-electron chi connectivity index (χ0n) is 14.5. The minimum Gasteiger partial charge on any atom is -0.340 e. The smallest absolute Gasteiger partial charge is 0.255 e. The number of hydrogen-bond acceptors (Lipinski definition) is 3. The van der Waals surface area contributed by atoms with Crippen molar-refractivity contribution in [2.75, 3.05) is 26.2 Å². The molecular weight excluding hydrogens is 304 g/mol. The Hall–Kier alpha value is -2.37. The van der Waals surface area contributed by atoms with Gasteiger partial charge in [0.1, 0.15) is 5.65 Å². The van der Waals surface area contributed by atoms with Crippen LogP contribution in [0.4, 0.5) is 0 Å². The first-order chi connectivity index (χ1) is 11.4. The van der Waals surface area contributed by atoms with E-state index in [4.69, 9.17) is 0 Å². The van der Waals surface area contributed by atoms with E-state index in [1.54, 1.807) is 6.20 Å². The van der Waals surface area contributed by atoms with Gasteiger partial charge in [-0.15, -0.1) is 0 Å². The molecule has 3 heterocycles. The number of aromatic nitrogens is 2. The topological polar surface area (TPSA) is 57.9 Å². The summed E-state index contributed by atoms with van der Waals surface area (Å²) in [5.41, 5.74) is 1.09. The van der Waals surface area contributed by atoms with Gasteiger partial charge < -0.3 is 14.2 Å². The normalized spacial score (nSPS) is 16.3. The van der Waals surface area contributed by atoms with Crippen LogP contribution in [0, 0.1) is 5.41 Å². The lowest BCUT2D eigenvalue weighted by atomic mass is 9.94. The molecule has 128 valence electrons. The lowest BCUT2D eigenvalue weighted by Gasteiger charge is -2.28. The lowest BCUT2D eigenvalue weighted by Crippen LogP contribution is -2.42. The van der Waals surface area contributed by atoms with Gasteiger partial charge in [-0.1, -0.05) is 20.8 Å². The van der Waals surface area contributed by atoms with Crippen molar-refractivity contribution < 1.29 is 9.59 Å². The summed E-state index contributed by atoms with van der Waals surface area (Å²) in [7, 11) is 0. The maximum absolute atomic E-state index is 12.8. The predicted molar refractivity (Wildman–Crippen MR) is 91.7 cm³/mol. The van der Waals surface area contributed by atoms with Gasteiger partial charge in [-0.3, -0.25) is 9.59 Å².